The Bertz CT molecular complexity index is 701. The van der Waals surface area contributed by atoms with Gasteiger partial charge in [0.25, 0.3) is 0 Å². The number of pyridine rings is 1. The van der Waals surface area contributed by atoms with Crippen molar-refractivity contribution in [3.8, 4) is 17.4 Å². The van der Waals surface area contributed by atoms with Crippen LogP contribution in [0.5, 0.6) is 17.4 Å². The van der Waals surface area contributed by atoms with Crippen LogP contribution in [0.15, 0.2) is 47.6 Å². The summed E-state index contributed by atoms with van der Waals surface area (Å²) in [7, 11) is 0. The standard InChI is InChI=1S/C19H24N4O2/c1-2-13-24-16-6-8-17(9-7-16)25-18-15(5-3-10-20-18)14-23-19-21-11-4-12-22-19/h3,5-10H,2,4,11-14H2,1H3,(H2,21,22,23). The zero-order valence-corrected chi connectivity index (χ0v) is 14.5. The van der Waals surface area contributed by atoms with Crippen LogP contribution in [-0.2, 0) is 6.54 Å². The average Bonchev–Trinajstić information content (AvgIpc) is 2.67. The number of aromatic nitrogens is 1. The Balaban J connectivity index is 1.63. The molecular weight excluding hydrogens is 316 g/mol. The number of nitrogens with zero attached hydrogens (tertiary/aromatic N) is 2. The van der Waals surface area contributed by atoms with E-state index in [0.717, 1.165) is 49.0 Å². The molecule has 0 radical (unpaired) electrons. The van der Waals surface area contributed by atoms with Crippen molar-refractivity contribution >= 4 is 5.96 Å². The molecule has 2 heterocycles. The number of rotatable bonds is 7. The fourth-order valence-corrected chi connectivity index (χ4v) is 2.42. The second kappa shape index (κ2) is 8.92. The lowest BCUT2D eigenvalue weighted by Gasteiger charge is -2.17. The highest BCUT2D eigenvalue weighted by atomic mass is 16.5. The van der Waals surface area contributed by atoms with Crippen LogP contribution < -0.4 is 20.1 Å². The van der Waals surface area contributed by atoms with E-state index in [0.29, 0.717) is 19.0 Å². The highest BCUT2D eigenvalue weighted by Gasteiger charge is 2.09. The van der Waals surface area contributed by atoms with Gasteiger partial charge < -0.3 is 20.1 Å². The van der Waals surface area contributed by atoms with Crippen molar-refractivity contribution < 1.29 is 9.47 Å². The van der Waals surface area contributed by atoms with Gasteiger partial charge in [-0.3, -0.25) is 4.99 Å². The summed E-state index contributed by atoms with van der Waals surface area (Å²) in [5.41, 5.74) is 0.976. The topological polar surface area (TPSA) is 67.8 Å². The Morgan fingerprint density at radius 3 is 2.76 bits per heavy atom. The number of nitrogens with one attached hydrogen (secondary N) is 2. The second-order valence-corrected chi connectivity index (χ2v) is 5.75. The number of aliphatic imine (C=N–C) groups is 1. The van der Waals surface area contributed by atoms with Gasteiger partial charge >= 0.3 is 0 Å². The molecule has 6 nitrogen and oxygen atoms in total. The third-order valence-electron chi connectivity index (χ3n) is 3.70. The molecule has 0 spiro atoms. The molecule has 0 bridgehead atoms. The van der Waals surface area contributed by atoms with Crippen LogP contribution in [0.4, 0.5) is 0 Å². The van der Waals surface area contributed by atoms with E-state index in [1.165, 1.54) is 0 Å². The Kier molecular flexibility index (Phi) is 6.09. The number of benzene rings is 1. The number of guanidine groups is 1. The summed E-state index contributed by atoms with van der Waals surface area (Å²) in [6, 6.07) is 11.5. The van der Waals surface area contributed by atoms with Crippen molar-refractivity contribution in [3.63, 3.8) is 0 Å². The van der Waals surface area contributed by atoms with Gasteiger partial charge in [0.1, 0.15) is 11.5 Å². The zero-order chi connectivity index (χ0) is 17.3. The van der Waals surface area contributed by atoms with E-state index < -0.39 is 0 Å². The van der Waals surface area contributed by atoms with Gasteiger partial charge in [-0.2, -0.15) is 0 Å². The lowest BCUT2D eigenvalue weighted by atomic mass is 10.2. The number of ether oxygens (including phenoxy) is 2. The van der Waals surface area contributed by atoms with Gasteiger partial charge in [-0.25, -0.2) is 4.98 Å². The Morgan fingerprint density at radius 1 is 1.16 bits per heavy atom. The molecule has 1 aliphatic heterocycles. The summed E-state index contributed by atoms with van der Waals surface area (Å²) in [5, 5.41) is 6.54. The highest BCUT2D eigenvalue weighted by molar-refractivity contribution is 5.80. The molecule has 0 atom stereocenters. The van der Waals surface area contributed by atoms with Crippen LogP contribution in [0.25, 0.3) is 0 Å². The second-order valence-electron chi connectivity index (χ2n) is 5.75. The van der Waals surface area contributed by atoms with Crippen LogP contribution in [-0.4, -0.2) is 30.6 Å². The summed E-state index contributed by atoms with van der Waals surface area (Å²) in [4.78, 5) is 8.77. The quantitative estimate of drug-likeness (QED) is 0.811. The first-order chi connectivity index (χ1) is 12.3. The summed E-state index contributed by atoms with van der Waals surface area (Å²) >= 11 is 0. The van der Waals surface area contributed by atoms with Crippen molar-refractivity contribution in [2.75, 3.05) is 19.7 Å². The Labute approximate surface area is 148 Å². The molecule has 3 rings (SSSR count). The summed E-state index contributed by atoms with van der Waals surface area (Å²) in [5.74, 6) is 3.00. The number of hydrogen-bond acceptors (Lipinski definition) is 6. The Hall–Kier alpha value is -2.76. The number of hydrogen-bond donors (Lipinski definition) is 2. The van der Waals surface area contributed by atoms with Gasteiger partial charge in [0.15, 0.2) is 5.96 Å². The Morgan fingerprint density at radius 2 is 2.00 bits per heavy atom. The van der Waals surface area contributed by atoms with Crippen LogP contribution in [0.3, 0.4) is 0 Å². The maximum Gasteiger partial charge on any atom is 0.224 e. The molecule has 0 saturated heterocycles. The maximum atomic E-state index is 5.94. The van der Waals surface area contributed by atoms with Gasteiger partial charge in [-0.15, -0.1) is 0 Å². The van der Waals surface area contributed by atoms with Crippen molar-refractivity contribution in [1.82, 2.24) is 15.6 Å². The molecule has 2 aromatic rings. The fraction of sp³-hybridized carbons (Fsp3) is 0.368. The van der Waals surface area contributed by atoms with Gasteiger partial charge in [0, 0.05) is 31.4 Å². The molecule has 132 valence electrons. The molecule has 0 saturated carbocycles. The molecule has 6 heteroatoms. The smallest absolute Gasteiger partial charge is 0.224 e. The maximum absolute atomic E-state index is 5.94. The molecule has 1 aromatic heterocycles. The van der Waals surface area contributed by atoms with Gasteiger partial charge in [0.2, 0.25) is 5.88 Å². The molecule has 0 aliphatic carbocycles. The molecular formula is C19H24N4O2. The van der Waals surface area contributed by atoms with E-state index in [1.807, 2.05) is 36.4 Å². The lowest BCUT2D eigenvalue weighted by Crippen LogP contribution is -2.40. The van der Waals surface area contributed by atoms with Gasteiger partial charge in [0.05, 0.1) is 6.61 Å². The van der Waals surface area contributed by atoms with Gasteiger partial charge in [-0.05, 0) is 43.2 Å². The summed E-state index contributed by atoms with van der Waals surface area (Å²) in [6.45, 7) is 5.22. The largest absolute Gasteiger partial charge is 0.494 e. The molecule has 25 heavy (non-hydrogen) atoms. The first-order valence-electron chi connectivity index (χ1n) is 8.72. The predicted octanol–water partition coefficient (Wildman–Crippen LogP) is 3.10. The normalized spacial score (nSPS) is 13.6. The zero-order valence-electron chi connectivity index (χ0n) is 14.5. The molecule has 2 N–H and O–H groups in total. The first-order valence-corrected chi connectivity index (χ1v) is 8.72. The minimum Gasteiger partial charge on any atom is -0.494 e. The van der Waals surface area contributed by atoms with Crippen LogP contribution in [0.1, 0.15) is 25.3 Å². The van der Waals surface area contributed by atoms with Crippen LogP contribution in [0, 0.1) is 0 Å². The van der Waals surface area contributed by atoms with E-state index in [9.17, 15) is 0 Å². The third kappa shape index (κ3) is 5.11. The SMILES string of the molecule is CCCOc1ccc(Oc2ncccc2CNC2=NCCCN2)cc1. The van der Waals surface area contributed by atoms with E-state index in [4.69, 9.17) is 9.47 Å². The van der Waals surface area contributed by atoms with E-state index in [2.05, 4.69) is 27.5 Å². The van der Waals surface area contributed by atoms with Gasteiger partial charge in [-0.1, -0.05) is 13.0 Å². The van der Waals surface area contributed by atoms with Crippen molar-refractivity contribution in [3.05, 3.63) is 48.2 Å². The predicted molar refractivity (Wildman–Crippen MR) is 98.3 cm³/mol. The fourth-order valence-electron chi connectivity index (χ4n) is 2.42. The molecule has 0 fully saturated rings. The van der Waals surface area contributed by atoms with E-state index >= 15 is 0 Å². The lowest BCUT2D eigenvalue weighted by molar-refractivity contribution is 0.317. The minimum atomic E-state index is 0.591. The third-order valence-corrected chi connectivity index (χ3v) is 3.70. The monoisotopic (exact) mass is 340 g/mol. The van der Waals surface area contributed by atoms with Crippen molar-refractivity contribution in [2.24, 2.45) is 4.99 Å². The molecule has 1 aliphatic rings. The first kappa shape index (κ1) is 17.1. The molecule has 0 amide bonds. The summed E-state index contributed by atoms with van der Waals surface area (Å²) < 4.78 is 11.5. The molecule has 1 aromatic carbocycles. The highest BCUT2D eigenvalue weighted by Crippen LogP contribution is 2.25. The minimum absolute atomic E-state index is 0.591. The van der Waals surface area contributed by atoms with Crippen molar-refractivity contribution in [2.45, 2.75) is 26.3 Å². The molecule has 0 unspecified atom stereocenters. The van der Waals surface area contributed by atoms with Crippen LogP contribution >= 0.6 is 0 Å². The van der Waals surface area contributed by atoms with E-state index in [1.54, 1.807) is 6.20 Å². The van der Waals surface area contributed by atoms with E-state index in [-0.39, 0.29) is 0 Å². The summed E-state index contributed by atoms with van der Waals surface area (Å²) in [6.07, 6.45) is 3.79. The van der Waals surface area contributed by atoms with Crippen LogP contribution in [0.2, 0.25) is 0 Å². The van der Waals surface area contributed by atoms with Crippen molar-refractivity contribution in [1.29, 1.82) is 0 Å². The average molecular weight is 340 g/mol.